The molecule has 0 fully saturated rings. The zero-order chi connectivity index (χ0) is 15.4. The fourth-order valence-corrected chi connectivity index (χ4v) is 2.68. The number of aryl methyl sites for hydroxylation is 3. The maximum atomic E-state index is 12.5. The van der Waals surface area contributed by atoms with Crippen LogP contribution >= 0.6 is 0 Å². The molecule has 0 radical (unpaired) electrons. The Balaban J connectivity index is 2.23. The van der Waals surface area contributed by atoms with E-state index in [-0.39, 0.29) is 11.9 Å². The van der Waals surface area contributed by atoms with Crippen LogP contribution in [0.25, 0.3) is 0 Å². The molecule has 0 saturated heterocycles. The van der Waals surface area contributed by atoms with Crippen molar-refractivity contribution < 1.29 is 4.79 Å². The summed E-state index contributed by atoms with van der Waals surface area (Å²) in [6.07, 6.45) is 0.876. The Hall–Kier alpha value is -2.09. The summed E-state index contributed by atoms with van der Waals surface area (Å²) in [4.78, 5) is 12.5. The van der Waals surface area contributed by atoms with Gasteiger partial charge in [0.2, 0.25) is 0 Å². The highest BCUT2D eigenvalue weighted by molar-refractivity contribution is 5.95. The van der Waals surface area contributed by atoms with E-state index in [1.54, 1.807) is 0 Å². The molecule has 0 aliphatic rings. The predicted octanol–water partition coefficient (Wildman–Crippen LogP) is 4.49. The Labute approximate surface area is 127 Å². The second kappa shape index (κ2) is 6.57. The van der Waals surface area contributed by atoms with E-state index >= 15 is 0 Å². The molecule has 2 aromatic rings. The molecule has 0 saturated carbocycles. The van der Waals surface area contributed by atoms with Gasteiger partial charge >= 0.3 is 0 Å². The Kier molecular flexibility index (Phi) is 4.79. The van der Waals surface area contributed by atoms with Gasteiger partial charge in [0.05, 0.1) is 6.04 Å². The average molecular weight is 281 g/mol. The van der Waals surface area contributed by atoms with E-state index in [1.807, 2.05) is 44.2 Å². The van der Waals surface area contributed by atoms with Gasteiger partial charge in [0.1, 0.15) is 0 Å². The molecular weight excluding hydrogens is 258 g/mol. The van der Waals surface area contributed by atoms with E-state index in [4.69, 9.17) is 0 Å². The Morgan fingerprint density at radius 3 is 2.38 bits per heavy atom. The van der Waals surface area contributed by atoms with Crippen LogP contribution in [0.4, 0.5) is 0 Å². The molecule has 0 bridgehead atoms. The highest BCUT2D eigenvalue weighted by atomic mass is 16.1. The first-order chi connectivity index (χ1) is 10.0. The minimum atomic E-state index is 0.00241. The Bertz CT molecular complexity index is 646. The first-order valence-corrected chi connectivity index (χ1v) is 7.46. The van der Waals surface area contributed by atoms with E-state index in [1.165, 1.54) is 16.7 Å². The summed E-state index contributed by atoms with van der Waals surface area (Å²) in [5, 5.41) is 3.16. The molecule has 0 aliphatic carbocycles. The Morgan fingerprint density at radius 2 is 1.76 bits per heavy atom. The van der Waals surface area contributed by atoms with Crippen LogP contribution in [0.5, 0.6) is 0 Å². The van der Waals surface area contributed by atoms with Crippen LogP contribution in [-0.4, -0.2) is 5.91 Å². The fraction of sp³-hybridized carbons (Fsp3) is 0.316. The van der Waals surface area contributed by atoms with Gasteiger partial charge in [0, 0.05) is 5.56 Å². The lowest BCUT2D eigenvalue weighted by atomic mass is 9.98. The van der Waals surface area contributed by atoms with Crippen LogP contribution in [0.1, 0.15) is 52.0 Å². The van der Waals surface area contributed by atoms with Crippen LogP contribution in [0, 0.1) is 20.8 Å². The van der Waals surface area contributed by atoms with Crippen molar-refractivity contribution in [1.82, 2.24) is 5.32 Å². The molecular formula is C19H23NO. The van der Waals surface area contributed by atoms with Gasteiger partial charge in [0.15, 0.2) is 0 Å². The largest absolute Gasteiger partial charge is 0.345 e. The molecule has 2 nitrogen and oxygen atoms in total. The molecule has 0 spiro atoms. The molecule has 21 heavy (non-hydrogen) atoms. The number of amides is 1. The zero-order valence-corrected chi connectivity index (χ0v) is 13.2. The van der Waals surface area contributed by atoms with Gasteiger partial charge in [-0.05, 0) is 49.9 Å². The van der Waals surface area contributed by atoms with Crippen molar-refractivity contribution in [3.8, 4) is 0 Å². The van der Waals surface area contributed by atoms with Gasteiger partial charge in [-0.15, -0.1) is 0 Å². The summed E-state index contributed by atoms with van der Waals surface area (Å²) >= 11 is 0. The maximum Gasteiger partial charge on any atom is 0.252 e. The minimum Gasteiger partial charge on any atom is -0.345 e. The maximum absolute atomic E-state index is 12.5. The van der Waals surface area contributed by atoms with E-state index in [9.17, 15) is 4.79 Å². The lowest BCUT2D eigenvalue weighted by molar-refractivity contribution is 0.0935. The third-order valence-electron chi connectivity index (χ3n) is 3.90. The standard InChI is InChI=1S/C19H23NO/c1-5-18(16-9-7-6-8-14(16)3)20-19(21)17-11-10-13(2)12-15(17)4/h6-12,18H,5H2,1-4H3,(H,20,21). The molecule has 2 aromatic carbocycles. The van der Waals surface area contributed by atoms with E-state index in [0.29, 0.717) is 0 Å². The number of carbonyl (C=O) groups excluding carboxylic acids is 1. The lowest BCUT2D eigenvalue weighted by Gasteiger charge is -2.20. The lowest BCUT2D eigenvalue weighted by Crippen LogP contribution is -2.29. The summed E-state index contributed by atoms with van der Waals surface area (Å²) < 4.78 is 0. The summed E-state index contributed by atoms with van der Waals surface area (Å²) in [5.74, 6) is 0.00241. The van der Waals surface area contributed by atoms with Crippen molar-refractivity contribution in [1.29, 1.82) is 0 Å². The van der Waals surface area contributed by atoms with Crippen molar-refractivity contribution in [3.63, 3.8) is 0 Å². The molecule has 2 rings (SSSR count). The van der Waals surface area contributed by atoms with Crippen molar-refractivity contribution >= 4 is 5.91 Å². The summed E-state index contributed by atoms with van der Waals surface area (Å²) in [6.45, 7) is 8.20. The minimum absolute atomic E-state index is 0.00241. The molecule has 1 atom stereocenters. The number of hydrogen-bond donors (Lipinski definition) is 1. The van der Waals surface area contributed by atoms with E-state index < -0.39 is 0 Å². The second-order valence-corrected chi connectivity index (χ2v) is 5.61. The van der Waals surface area contributed by atoms with Crippen LogP contribution in [0.3, 0.4) is 0 Å². The number of hydrogen-bond acceptors (Lipinski definition) is 1. The fourth-order valence-electron chi connectivity index (χ4n) is 2.68. The molecule has 0 heterocycles. The smallest absolute Gasteiger partial charge is 0.252 e. The van der Waals surface area contributed by atoms with Crippen LogP contribution in [0.2, 0.25) is 0 Å². The van der Waals surface area contributed by atoms with Gasteiger partial charge in [-0.1, -0.05) is 48.9 Å². The summed E-state index contributed by atoms with van der Waals surface area (Å²) in [5.41, 5.74) is 5.36. The van der Waals surface area contributed by atoms with Gasteiger partial charge in [-0.2, -0.15) is 0 Å². The van der Waals surface area contributed by atoms with Gasteiger partial charge < -0.3 is 5.32 Å². The second-order valence-electron chi connectivity index (χ2n) is 5.61. The van der Waals surface area contributed by atoms with Crippen molar-refractivity contribution in [3.05, 3.63) is 70.3 Å². The molecule has 0 aliphatic heterocycles. The number of nitrogens with one attached hydrogen (secondary N) is 1. The molecule has 1 amide bonds. The molecule has 1 unspecified atom stereocenters. The average Bonchev–Trinajstić information content (AvgIpc) is 2.45. The molecule has 110 valence electrons. The van der Waals surface area contributed by atoms with Gasteiger partial charge in [0.25, 0.3) is 5.91 Å². The third kappa shape index (κ3) is 3.52. The SMILES string of the molecule is CCC(NC(=O)c1ccc(C)cc1C)c1ccccc1C. The van der Waals surface area contributed by atoms with E-state index in [0.717, 1.165) is 17.5 Å². The molecule has 1 N–H and O–H groups in total. The summed E-state index contributed by atoms with van der Waals surface area (Å²) in [6, 6.07) is 14.2. The van der Waals surface area contributed by atoms with Crippen LogP contribution in [-0.2, 0) is 0 Å². The molecule has 0 aromatic heterocycles. The first-order valence-electron chi connectivity index (χ1n) is 7.46. The topological polar surface area (TPSA) is 29.1 Å². The zero-order valence-electron chi connectivity index (χ0n) is 13.2. The number of benzene rings is 2. The summed E-state index contributed by atoms with van der Waals surface area (Å²) in [7, 11) is 0. The monoisotopic (exact) mass is 281 g/mol. The first kappa shape index (κ1) is 15.3. The quantitative estimate of drug-likeness (QED) is 0.878. The van der Waals surface area contributed by atoms with Crippen LogP contribution < -0.4 is 5.32 Å². The highest BCUT2D eigenvalue weighted by Crippen LogP contribution is 2.21. The van der Waals surface area contributed by atoms with Crippen LogP contribution in [0.15, 0.2) is 42.5 Å². The number of carbonyl (C=O) groups is 1. The third-order valence-corrected chi connectivity index (χ3v) is 3.90. The predicted molar refractivity (Wildman–Crippen MR) is 87.6 cm³/mol. The normalized spacial score (nSPS) is 12.0. The highest BCUT2D eigenvalue weighted by Gasteiger charge is 2.16. The van der Waals surface area contributed by atoms with Gasteiger partial charge in [-0.3, -0.25) is 4.79 Å². The van der Waals surface area contributed by atoms with Gasteiger partial charge in [-0.25, -0.2) is 0 Å². The van der Waals surface area contributed by atoms with Crippen molar-refractivity contribution in [2.24, 2.45) is 0 Å². The van der Waals surface area contributed by atoms with Crippen molar-refractivity contribution in [2.45, 2.75) is 40.2 Å². The number of rotatable bonds is 4. The Morgan fingerprint density at radius 1 is 1.05 bits per heavy atom. The van der Waals surface area contributed by atoms with Crippen molar-refractivity contribution in [2.75, 3.05) is 0 Å². The van der Waals surface area contributed by atoms with E-state index in [2.05, 4.69) is 31.3 Å². The molecule has 2 heteroatoms.